The molecule has 0 aliphatic carbocycles. The lowest BCUT2D eigenvalue weighted by Crippen LogP contribution is -2.43. The van der Waals surface area contributed by atoms with Crippen LogP contribution in [0, 0.1) is 6.92 Å². The maximum absolute atomic E-state index is 11.9. The number of carbonyl (C=O) groups is 1. The number of nitrogens with one attached hydrogen (secondary N) is 3. The van der Waals surface area contributed by atoms with Gasteiger partial charge < -0.3 is 14.5 Å². The molecule has 0 radical (unpaired) electrons. The van der Waals surface area contributed by atoms with Crippen molar-refractivity contribution in [2.24, 2.45) is 0 Å². The molecular weight excluding hydrogens is 290 g/mol. The monoisotopic (exact) mass is 305 g/mol. The Morgan fingerprint density at radius 2 is 2.00 bits per heavy atom. The number of methoxy groups -OCH3 is 1. The fourth-order valence-electron chi connectivity index (χ4n) is 1.70. The van der Waals surface area contributed by atoms with E-state index >= 15 is 0 Å². The molecule has 0 aliphatic heterocycles. The SMILES string of the molecule is COc1ccccc1NC(=S)NNC(=O)c1ccoc1C. The number of anilines is 1. The van der Waals surface area contributed by atoms with Crippen molar-refractivity contribution in [3.05, 3.63) is 47.9 Å². The van der Waals surface area contributed by atoms with Gasteiger partial charge in [0.25, 0.3) is 5.91 Å². The number of ether oxygens (including phenoxy) is 1. The van der Waals surface area contributed by atoms with Crippen molar-refractivity contribution in [1.29, 1.82) is 0 Å². The lowest BCUT2D eigenvalue weighted by atomic mass is 10.2. The second-order valence-electron chi connectivity index (χ2n) is 4.12. The summed E-state index contributed by atoms with van der Waals surface area (Å²) in [4.78, 5) is 11.9. The van der Waals surface area contributed by atoms with Crippen LogP contribution in [0.3, 0.4) is 0 Å². The molecule has 110 valence electrons. The van der Waals surface area contributed by atoms with Gasteiger partial charge in [-0.3, -0.25) is 15.6 Å². The number of para-hydroxylation sites is 2. The first-order valence-corrected chi connectivity index (χ1v) is 6.57. The molecule has 0 spiro atoms. The van der Waals surface area contributed by atoms with Crippen LogP contribution in [0.1, 0.15) is 16.1 Å². The lowest BCUT2D eigenvalue weighted by molar-refractivity contribution is 0.0942. The first-order chi connectivity index (χ1) is 10.1. The van der Waals surface area contributed by atoms with Crippen molar-refractivity contribution in [2.45, 2.75) is 6.92 Å². The number of benzene rings is 1. The third kappa shape index (κ3) is 3.73. The van der Waals surface area contributed by atoms with E-state index in [0.717, 1.165) is 0 Å². The molecule has 0 atom stereocenters. The minimum Gasteiger partial charge on any atom is -0.495 e. The number of thiocarbonyl (C=S) groups is 1. The maximum Gasteiger partial charge on any atom is 0.273 e. The van der Waals surface area contributed by atoms with Crippen LogP contribution in [-0.2, 0) is 0 Å². The molecule has 21 heavy (non-hydrogen) atoms. The zero-order chi connectivity index (χ0) is 15.2. The molecule has 2 rings (SSSR count). The second-order valence-corrected chi connectivity index (χ2v) is 4.53. The van der Waals surface area contributed by atoms with Crippen molar-refractivity contribution < 1.29 is 13.9 Å². The summed E-state index contributed by atoms with van der Waals surface area (Å²) in [5.41, 5.74) is 6.26. The minimum absolute atomic E-state index is 0.244. The Hall–Kier alpha value is -2.54. The zero-order valence-corrected chi connectivity index (χ0v) is 12.4. The Kier molecular flexibility index (Phi) is 4.78. The molecule has 0 saturated carbocycles. The summed E-state index contributed by atoms with van der Waals surface area (Å²) in [6.45, 7) is 1.71. The normalized spacial score (nSPS) is 9.81. The first kappa shape index (κ1) is 14.9. The molecule has 0 saturated heterocycles. The summed E-state index contributed by atoms with van der Waals surface area (Å²) in [5, 5.41) is 3.18. The van der Waals surface area contributed by atoms with Crippen LogP contribution >= 0.6 is 12.2 Å². The predicted octanol–water partition coefficient (Wildman–Crippen LogP) is 2.23. The van der Waals surface area contributed by atoms with Crippen LogP contribution in [0.4, 0.5) is 5.69 Å². The van der Waals surface area contributed by atoms with E-state index in [0.29, 0.717) is 22.8 Å². The van der Waals surface area contributed by atoms with Crippen molar-refractivity contribution in [2.75, 3.05) is 12.4 Å². The van der Waals surface area contributed by atoms with Crippen LogP contribution in [0.2, 0.25) is 0 Å². The fourth-order valence-corrected chi connectivity index (χ4v) is 1.86. The molecule has 3 N–H and O–H groups in total. The largest absolute Gasteiger partial charge is 0.495 e. The van der Waals surface area contributed by atoms with E-state index in [2.05, 4.69) is 16.2 Å². The quantitative estimate of drug-likeness (QED) is 0.596. The van der Waals surface area contributed by atoms with E-state index in [4.69, 9.17) is 21.4 Å². The number of amides is 1. The van der Waals surface area contributed by atoms with Crippen LogP contribution in [0.15, 0.2) is 41.0 Å². The number of carbonyl (C=O) groups excluding carboxylic acids is 1. The molecule has 0 bridgehead atoms. The topological polar surface area (TPSA) is 75.5 Å². The minimum atomic E-state index is -0.328. The highest BCUT2D eigenvalue weighted by Crippen LogP contribution is 2.22. The third-order valence-electron chi connectivity index (χ3n) is 2.75. The molecule has 2 aromatic rings. The van der Waals surface area contributed by atoms with Crippen LogP contribution in [0.5, 0.6) is 5.75 Å². The summed E-state index contributed by atoms with van der Waals surface area (Å²) < 4.78 is 10.3. The van der Waals surface area contributed by atoms with Gasteiger partial charge in [-0.25, -0.2) is 0 Å². The smallest absolute Gasteiger partial charge is 0.273 e. The average Bonchev–Trinajstić information content (AvgIpc) is 2.91. The van der Waals surface area contributed by atoms with E-state index in [1.54, 1.807) is 26.2 Å². The van der Waals surface area contributed by atoms with E-state index in [-0.39, 0.29) is 11.0 Å². The summed E-state index contributed by atoms with van der Waals surface area (Å²) in [7, 11) is 1.57. The summed E-state index contributed by atoms with van der Waals surface area (Å²) in [6, 6.07) is 8.90. The molecule has 0 unspecified atom stereocenters. The van der Waals surface area contributed by atoms with Crippen molar-refractivity contribution in [1.82, 2.24) is 10.9 Å². The number of hydrogen-bond acceptors (Lipinski definition) is 4. The van der Waals surface area contributed by atoms with Gasteiger partial charge in [0.2, 0.25) is 0 Å². The highest BCUT2D eigenvalue weighted by Gasteiger charge is 2.11. The molecule has 1 aromatic carbocycles. The van der Waals surface area contributed by atoms with Gasteiger partial charge in [-0.05, 0) is 37.3 Å². The Morgan fingerprint density at radius 1 is 1.24 bits per heavy atom. The molecule has 0 fully saturated rings. The van der Waals surface area contributed by atoms with Gasteiger partial charge in [-0.2, -0.15) is 0 Å². The number of furan rings is 1. The van der Waals surface area contributed by atoms with Gasteiger partial charge in [0, 0.05) is 0 Å². The standard InChI is InChI=1S/C14H15N3O3S/c1-9-10(7-8-20-9)13(18)16-17-14(21)15-11-5-3-4-6-12(11)19-2/h3-8H,1-2H3,(H,16,18)(H2,15,17,21). The first-order valence-electron chi connectivity index (χ1n) is 6.16. The van der Waals surface area contributed by atoms with Gasteiger partial charge in [0.1, 0.15) is 11.5 Å². The zero-order valence-electron chi connectivity index (χ0n) is 11.6. The Morgan fingerprint density at radius 3 is 2.67 bits per heavy atom. The van der Waals surface area contributed by atoms with Gasteiger partial charge >= 0.3 is 0 Å². The lowest BCUT2D eigenvalue weighted by Gasteiger charge is -2.13. The van der Waals surface area contributed by atoms with E-state index in [9.17, 15) is 4.79 Å². The summed E-state index contributed by atoms with van der Waals surface area (Å²) in [5.74, 6) is 0.863. The number of rotatable bonds is 3. The molecule has 6 nitrogen and oxygen atoms in total. The van der Waals surface area contributed by atoms with Gasteiger partial charge in [-0.1, -0.05) is 12.1 Å². The predicted molar refractivity (Wildman–Crippen MR) is 83.3 cm³/mol. The van der Waals surface area contributed by atoms with E-state index < -0.39 is 0 Å². The Bertz CT molecular complexity index is 654. The van der Waals surface area contributed by atoms with Crippen molar-refractivity contribution in [3.8, 4) is 5.75 Å². The van der Waals surface area contributed by atoms with Crippen LogP contribution in [-0.4, -0.2) is 18.1 Å². The maximum atomic E-state index is 11.9. The highest BCUT2D eigenvalue weighted by atomic mass is 32.1. The van der Waals surface area contributed by atoms with E-state index in [1.807, 2.05) is 18.2 Å². The number of aryl methyl sites for hydroxylation is 1. The number of hydrazine groups is 1. The van der Waals surface area contributed by atoms with Crippen molar-refractivity contribution >= 4 is 28.9 Å². The van der Waals surface area contributed by atoms with Crippen LogP contribution in [0.25, 0.3) is 0 Å². The summed E-state index contributed by atoms with van der Waals surface area (Å²) >= 11 is 5.11. The Labute approximate surface area is 127 Å². The molecule has 1 heterocycles. The molecule has 1 amide bonds. The summed E-state index contributed by atoms with van der Waals surface area (Å²) in [6.07, 6.45) is 1.45. The van der Waals surface area contributed by atoms with Gasteiger partial charge in [-0.15, -0.1) is 0 Å². The molecule has 1 aromatic heterocycles. The van der Waals surface area contributed by atoms with E-state index in [1.165, 1.54) is 6.26 Å². The van der Waals surface area contributed by atoms with Crippen molar-refractivity contribution in [3.63, 3.8) is 0 Å². The molecular formula is C14H15N3O3S. The van der Waals surface area contributed by atoms with Crippen LogP contribution < -0.4 is 20.9 Å². The van der Waals surface area contributed by atoms with Gasteiger partial charge in [0.15, 0.2) is 5.11 Å². The Balaban J connectivity index is 1.91. The molecule has 0 aliphatic rings. The third-order valence-corrected chi connectivity index (χ3v) is 2.95. The second kappa shape index (κ2) is 6.76. The fraction of sp³-hybridized carbons (Fsp3) is 0.143. The average molecular weight is 305 g/mol. The van der Waals surface area contributed by atoms with Gasteiger partial charge in [0.05, 0.1) is 24.6 Å². The molecule has 7 heteroatoms. The highest BCUT2D eigenvalue weighted by molar-refractivity contribution is 7.80. The number of hydrogen-bond donors (Lipinski definition) is 3.